The van der Waals surface area contributed by atoms with Gasteiger partial charge in [0.1, 0.15) is 0 Å². The lowest BCUT2D eigenvalue weighted by molar-refractivity contribution is -0.121. The van der Waals surface area contributed by atoms with E-state index in [1.807, 2.05) is 18.2 Å². The molecule has 0 bridgehead atoms. The maximum Gasteiger partial charge on any atom is 0.332 e. The summed E-state index contributed by atoms with van der Waals surface area (Å²) in [4.78, 5) is 40.7. The number of nitrogens with one attached hydrogen (secondary N) is 1. The van der Waals surface area contributed by atoms with Gasteiger partial charge in [-0.15, -0.1) is 0 Å². The fourth-order valence-electron chi connectivity index (χ4n) is 3.23. The van der Waals surface area contributed by atoms with Crippen LogP contribution in [0.2, 0.25) is 0 Å². The van der Waals surface area contributed by atoms with Crippen LogP contribution in [0, 0.1) is 0 Å². The summed E-state index contributed by atoms with van der Waals surface area (Å²) in [6, 6.07) is 10.1. The van der Waals surface area contributed by atoms with E-state index in [2.05, 4.69) is 29.4 Å². The number of nitrogens with zero attached hydrogens (tertiary/aromatic N) is 4. The van der Waals surface area contributed by atoms with Crippen LogP contribution in [0.1, 0.15) is 31.2 Å². The Morgan fingerprint density at radius 3 is 2.57 bits per heavy atom. The van der Waals surface area contributed by atoms with Crippen molar-refractivity contribution in [3.63, 3.8) is 0 Å². The molecular formula is C20H25N5O3. The largest absolute Gasteiger partial charge is 0.356 e. The Bertz CT molecular complexity index is 1090. The highest BCUT2D eigenvalue weighted by atomic mass is 16.2. The molecule has 1 amide bonds. The summed E-state index contributed by atoms with van der Waals surface area (Å²) in [5.41, 5.74) is 1.14. The zero-order chi connectivity index (χ0) is 20.3. The van der Waals surface area contributed by atoms with Crippen LogP contribution in [0.15, 0.2) is 46.2 Å². The van der Waals surface area contributed by atoms with Crippen molar-refractivity contribution < 1.29 is 4.79 Å². The summed E-state index contributed by atoms with van der Waals surface area (Å²) in [6.45, 7) is 3.14. The van der Waals surface area contributed by atoms with Crippen molar-refractivity contribution in [1.29, 1.82) is 0 Å². The predicted octanol–water partition coefficient (Wildman–Crippen LogP) is 1.13. The van der Waals surface area contributed by atoms with Crippen molar-refractivity contribution >= 4 is 17.1 Å². The minimum atomic E-state index is -0.408. The second-order valence-electron chi connectivity index (χ2n) is 7.04. The maximum absolute atomic E-state index is 12.4. The molecule has 0 aliphatic rings. The fraction of sp³-hybridized carbons (Fsp3) is 0.400. The molecule has 148 valence electrons. The van der Waals surface area contributed by atoms with Gasteiger partial charge in [0.25, 0.3) is 5.56 Å². The zero-order valence-electron chi connectivity index (χ0n) is 16.4. The Balaban J connectivity index is 1.57. The van der Waals surface area contributed by atoms with Gasteiger partial charge in [0.05, 0.1) is 6.33 Å². The maximum atomic E-state index is 12.4. The number of benzene rings is 1. The Morgan fingerprint density at radius 1 is 1.14 bits per heavy atom. The molecule has 0 spiro atoms. The molecule has 0 aliphatic carbocycles. The monoisotopic (exact) mass is 383 g/mol. The molecule has 3 aromatic rings. The van der Waals surface area contributed by atoms with E-state index < -0.39 is 5.69 Å². The zero-order valence-corrected chi connectivity index (χ0v) is 16.4. The van der Waals surface area contributed by atoms with Crippen LogP contribution in [-0.4, -0.2) is 31.1 Å². The molecule has 0 saturated carbocycles. The van der Waals surface area contributed by atoms with Gasteiger partial charge in [0, 0.05) is 33.6 Å². The van der Waals surface area contributed by atoms with Gasteiger partial charge in [-0.3, -0.25) is 18.7 Å². The van der Waals surface area contributed by atoms with Crippen molar-refractivity contribution in [3.8, 4) is 0 Å². The molecule has 1 unspecified atom stereocenters. The second kappa shape index (κ2) is 8.24. The van der Waals surface area contributed by atoms with Crippen molar-refractivity contribution in [2.75, 3.05) is 6.54 Å². The van der Waals surface area contributed by atoms with E-state index in [0.29, 0.717) is 37.1 Å². The van der Waals surface area contributed by atoms with Gasteiger partial charge in [-0.1, -0.05) is 37.3 Å². The number of carbonyl (C=O) groups excluding carboxylic acids is 1. The third-order valence-electron chi connectivity index (χ3n) is 4.99. The number of aryl methyl sites for hydroxylation is 2. The van der Waals surface area contributed by atoms with Gasteiger partial charge in [0.2, 0.25) is 5.91 Å². The molecule has 1 atom stereocenters. The first-order valence-corrected chi connectivity index (χ1v) is 9.32. The first kappa shape index (κ1) is 19.6. The highest BCUT2D eigenvalue weighted by Crippen LogP contribution is 2.13. The first-order valence-electron chi connectivity index (χ1n) is 9.32. The van der Waals surface area contributed by atoms with Crippen molar-refractivity contribution in [2.45, 2.75) is 32.2 Å². The van der Waals surface area contributed by atoms with Crippen LogP contribution in [-0.2, 0) is 25.4 Å². The van der Waals surface area contributed by atoms with Gasteiger partial charge < -0.3 is 9.88 Å². The molecule has 2 aromatic heterocycles. The smallest absolute Gasteiger partial charge is 0.332 e. The topological polar surface area (TPSA) is 90.9 Å². The van der Waals surface area contributed by atoms with Crippen LogP contribution in [0.4, 0.5) is 0 Å². The van der Waals surface area contributed by atoms with Crippen molar-refractivity contribution in [2.24, 2.45) is 14.1 Å². The van der Waals surface area contributed by atoms with Gasteiger partial charge in [0.15, 0.2) is 11.2 Å². The number of imidazole rings is 1. The quantitative estimate of drug-likeness (QED) is 0.662. The molecule has 8 heteroatoms. The van der Waals surface area contributed by atoms with Gasteiger partial charge in [-0.25, -0.2) is 9.78 Å². The fourth-order valence-corrected chi connectivity index (χ4v) is 3.23. The van der Waals surface area contributed by atoms with Gasteiger partial charge in [-0.2, -0.15) is 0 Å². The third kappa shape index (κ3) is 3.90. The molecule has 3 rings (SSSR count). The average molecular weight is 383 g/mol. The Morgan fingerprint density at radius 2 is 1.86 bits per heavy atom. The van der Waals surface area contributed by atoms with E-state index in [1.165, 1.54) is 17.2 Å². The SMILES string of the molecule is CC(CNC(=O)CCCn1cnc2c1c(=O)n(C)c(=O)n2C)c1ccccc1. The second-order valence-corrected chi connectivity index (χ2v) is 7.04. The lowest BCUT2D eigenvalue weighted by Gasteiger charge is -2.13. The molecule has 0 saturated heterocycles. The van der Waals surface area contributed by atoms with Crippen LogP contribution in [0.25, 0.3) is 11.2 Å². The summed E-state index contributed by atoms with van der Waals surface area (Å²) in [6.07, 6.45) is 2.47. The molecule has 0 fully saturated rings. The highest BCUT2D eigenvalue weighted by Gasteiger charge is 2.14. The molecule has 1 aromatic carbocycles. The number of aromatic nitrogens is 4. The Labute approximate surface area is 162 Å². The van der Waals surface area contributed by atoms with E-state index >= 15 is 0 Å². The van der Waals surface area contributed by atoms with Gasteiger partial charge >= 0.3 is 5.69 Å². The lowest BCUT2D eigenvalue weighted by atomic mass is 10.0. The van der Waals surface area contributed by atoms with Crippen molar-refractivity contribution in [1.82, 2.24) is 24.0 Å². The number of hydrogen-bond donors (Lipinski definition) is 1. The van der Waals surface area contributed by atoms with E-state index in [-0.39, 0.29) is 17.4 Å². The summed E-state index contributed by atoms with van der Waals surface area (Å²) in [7, 11) is 3.03. The van der Waals surface area contributed by atoms with E-state index in [9.17, 15) is 14.4 Å². The Hall–Kier alpha value is -3.16. The average Bonchev–Trinajstić information content (AvgIpc) is 3.13. The summed E-state index contributed by atoms with van der Waals surface area (Å²) >= 11 is 0. The number of fused-ring (bicyclic) bond motifs is 1. The number of rotatable bonds is 7. The van der Waals surface area contributed by atoms with Crippen LogP contribution >= 0.6 is 0 Å². The molecule has 28 heavy (non-hydrogen) atoms. The normalized spacial score (nSPS) is 12.2. The van der Waals surface area contributed by atoms with Crippen LogP contribution in [0.5, 0.6) is 0 Å². The molecule has 2 heterocycles. The number of amides is 1. The molecular weight excluding hydrogens is 358 g/mol. The molecule has 0 radical (unpaired) electrons. The Kier molecular flexibility index (Phi) is 5.77. The summed E-state index contributed by atoms with van der Waals surface area (Å²) in [5.74, 6) is 0.222. The van der Waals surface area contributed by atoms with Crippen LogP contribution in [0.3, 0.4) is 0 Å². The van der Waals surface area contributed by atoms with Gasteiger partial charge in [-0.05, 0) is 17.9 Å². The lowest BCUT2D eigenvalue weighted by Crippen LogP contribution is -2.37. The van der Waals surface area contributed by atoms with E-state index in [4.69, 9.17) is 0 Å². The van der Waals surface area contributed by atoms with Crippen LogP contribution < -0.4 is 16.6 Å². The summed E-state index contributed by atoms with van der Waals surface area (Å²) < 4.78 is 4.13. The van der Waals surface area contributed by atoms with E-state index in [1.54, 1.807) is 17.9 Å². The molecule has 1 N–H and O–H groups in total. The van der Waals surface area contributed by atoms with Crippen molar-refractivity contribution in [3.05, 3.63) is 63.1 Å². The minimum absolute atomic E-state index is 0.0208. The summed E-state index contributed by atoms with van der Waals surface area (Å²) in [5, 5.41) is 2.96. The molecule has 8 nitrogen and oxygen atoms in total. The number of hydrogen-bond acceptors (Lipinski definition) is 4. The standard InChI is InChI=1S/C20H25N5O3/c1-14(15-8-5-4-6-9-15)12-21-16(26)10-7-11-25-13-22-18-17(25)19(27)24(3)20(28)23(18)2/h4-6,8-9,13-14H,7,10-12H2,1-3H3,(H,21,26). The van der Waals surface area contributed by atoms with E-state index in [0.717, 1.165) is 4.57 Å². The predicted molar refractivity (Wildman–Crippen MR) is 107 cm³/mol. The third-order valence-corrected chi connectivity index (χ3v) is 4.99. The highest BCUT2D eigenvalue weighted by molar-refractivity contribution is 5.76. The first-order chi connectivity index (χ1) is 13.4. The molecule has 0 aliphatic heterocycles. The number of carbonyl (C=O) groups is 1. The minimum Gasteiger partial charge on any atom is -0.356 e.